The molecule has 0 aliphatic heterocycles. The fourth-order valence-electron chi connectivity index (χ4n) is 1.10. The lowest BCUT2D eigenvalue weighted by Gasteiger charge is -2.13. The molecule has 15 heavy (non-hydrogen) atoms. The Morgan fingerprint density at radius 3 is 2.80 bits per heavy atom. The second kappa shape index (κ2) is 6.42. The Labute approximate surface area is 93.7 Å². The quantitative estimate of drug-likeness (QED) is 0.697. The van der Waals surface area contributed by atoms with Gasteiger partial charge >= 0.3 is 0 Å². The van der Waals surface area contributed by atoms with Gasteiger partial charge in [-0.15, -0.1) is 11.8 Å². The van der Waals surface area contributed by atoms with E-state index in [-0.39, 0.29) is 11.9 Å². The summed E-state index contributed by atoms with van der Waals surface area (Å²) in [6, 6.07) is 3.55. The lowest BCUT2D eigenvalue weighted by atomic mass is 10.3. The van der Waals surface area contributed by atoms with Crippen molar-refractivity contribution in [1.29, 1.82) is 0 Å². The van der Waals surface area contributed by atoms with Crippen LogP contribution >= 0.6 is 11.8 Å². The first-order valence-electron chi connectivity index (χ1n) is 4.79. The Morgan fingerprint density at radius 1 is 1.60 bits per heavy atom. The monoisotopic (exact) mass is 225 g/mol. The van der Waals surface area contributed by atoms with E-state index in [0.29, 0.717) is 5.75 Å². The van der Waals surface area contributed by atoms with Gasteiger partial charge in [-0.05, 0) is 18.7 Å². The number of hydrogen-bond donors (Lipinski definition) is 2. The maximum atomic E-state index is 11.0. The van der Waals surface area contributed by atoms with Gasteiger partial charge in [-0.3, -0.25) is 9.78 Å². The highest BCUT2D eigenvalue weighted by molar-refractivity contribution is 7.99. The molecule has 0 bridgehead atoms. The molecule has 0 aliphatic carbocycles. The molecule has 1 amide bonds. The Bertz CT molecular complexity index is 305. The summed E-state index contributed by atoms with van der Waals surface area (Å²) in [7, 11) is 0. The smallest absolute Gasteiger partial charge is 0.235 e. The van der Waals surface area contributed by atoms with E-state index in [0.717, 1.165) is 11.4 Å². The van der Waals surface area contributed by atoms with Crippen LogP contribution in [-0.4, -0.2) is 29.2 Å². The minimum Gasteiger partial charge on any atom is -0.368 e. The molecule has 0 fully saturated rings. The van der Waals surface area contributed by atoms with E-state index < -0.39 is 0 Å². The van der Waals surface area contributed by atoms with Gasteiger partial charge in [0.2, 0.25) is 5.91 Å². The molecule has 1 atom stereocenters. The molecule has 1 unspecified atom stereocenters. The SMILES string of the molecule is CCNC(CSc1ccncc1)C(N)=O. The molecule has 82 valence electrons. The zero-order chi connectivity index (χ0) is 11.1. The van der Waals surface area contributed by atoms with E-state index >= 15 is 0 Å². The number of likely N-dealkylation sites (N-methyl/N-ethyl adjacent to an activating group) is 1. The second-order valence-corrected chi connectivity index (χ2v) is 4.10. The van der Waals surface area contributed by atoms with Crippen molar-refractivity contribution in [3.8, 4) is 0 Å². The van der Waals surface area contributed by atoms with Gasteiger partial charge < -0.3 is 11.1 Å². The van der Waals surface area contributed by atoms with Crippen LogP contribution < -0.4 is 11.1 Å². The highest BCUT2D eigenvalue weighted by Crippen LogP contribution is 2.16. The van der Waals surface area contributed by atoms with Crippen molar-refractivity contribution in [2.24, 2.45) is 5.73 Å². The van der Waals surface area contributed by atoms with Gasteiger partial charge in [0.1, 0.15) is 0 Å². The average Bonchev–Trinajstić information content (AvgIpc) is 2.25. The number of thioether (sulfide) groups is 1. The summed E-state index contributed by atoms with van der Waals surface area (Å²) in [4.78, 5) is 16.1. The van der Waals surface area contributed by atoms with Gasteiger partial charge in [0.25, 0.3) is 0 Å². The molecule has 1 aromatic heterocycles. The summed E-state index contributed by atoms with van der Waals surface area (Å²) in [6.45, 7) is 2.69. The molecule has 4 nitrogen and oxygen atoms in total. The van der Waals surface area contributed by atoms with Crippen LogP contribution in [0.2, 0.25) is 0 Å². The molecule has 0 aromatic carbocycles. The maximum Gasteiger partial charge on any atom is 0.235 e. The lowest BCUT2D eigenvalue weighted by Crippen LogP contribution is -2.42. The van der Waals surface area contributed by atoms with Crippen molar-refractivity contribution >= 4 is 17.7 Å². The van der Waals surface area contributed by atoms with Gasteiger partial charge in [0.15, 0.2) is 0 Å². The van der Waals surface area contributed by atoms with Crippen LogP contribution in [0.4, 0.5) is 0 Å². The van der Waals surface area contributed by atoms with Crippen molar-refractivity contribution in [2.45, 2.75) is 17.9 Å². The first-order chi connectivity index (χ1) is 7.24. The number of aromatic nitrogens is 1. The molecule has 1 aromatic rings. The number of hydrogen-bond acceptors (Lipinski definition) is 4. The molecule has 0 saturated heterocycles. The van der Waals surface area contributed by atoms with Crippen molar-refractivity contribution < 1.29 is 4.79 Å². The van der Waals surface area contributed by atoms with E-state index in [1.165, 1.54) is 0 Å². The van der Waals surface area contributed by atoms with Gasteiger partial charge in [-0.2, -0.15) is 0 Å². The van der Waals surface area contributed by atoms with Gasteiger partial charge in [0.05, 0.1) is 6.04 Å². The van der Waals surface area contributed by atoms with Crippen molar-refractivity contribution in [3.05, 3.63) is 24.5 Å². The number of nitrogens with one attached hydrogen (secondary N) is 1. The predicted octanol–water partition coefficient (Wildman–Crippen LogP) is 0.637. The second-order valence-electron chi connectivity index (χ2n) is 3.01. The van der Waals surface area contributed by atoms with Gasteiger partial charge in [0, 0.05) is 23.0 Å². The van der Waals surface area contributed by atoms with Crippen LogP contribution in [0.5, 0.6) is 0 Å². The normalized spacial score (nSPS) is 12.3. The molecule has 0 aliphatic rings. The number of nitrogens with two attached hydrogens (primary N) is 1. The van der Waals surface area contributed by atoms with Crippen LogP contribution in [0.15, 0.2) is 29.4 Å². The molecule has 1 heterocycles. The van der Waals surface area contributed by atoms with E-state index in [1.54, 1.807) is 24.2 Å². The fraction of sp³-hybridized carbons (Fsp3) is 0.400. The first kappa shape index (κ1) is 12.0. The third kappa shape index (κ3) is 4.31. The van der Waals surface area contributed by atoms with Gasteiger partial charge in [-0.25, -0.2) is 0 Å². The number of carbonyl (C=O) groups excluding carboxylic acids is 1. The molecule has 0 spiro atoms. The summed E-state index contributed by atoms with van der Waals surface area (Å²) in [5.41, 5.74) is 5.26. The third-order valence-electron chi connectivity index (χ3n) is 1.86. The molecular weight excluding hydrogens is 210 g/mol. The van der Waals surface area contributed by atoms with E-state index in [1.807, 2.05) is 19.1 Å². The Morgan fingerprint density at radius 2 is 2.27 bits per heavy atom. The summed E-state index contributed by atoms with van der Waals surface area (Å²) in [5.74, 6) is 0.339. The fourth-order valence-corrected chi connectivity index (χ4v) is 2.06. The van der Waals surface area contributed by atoms with E-state index in [9.17, 15) is 4.79 Å². The topological polar surface area (TPSA) is 68.0 Å². The zero-order valence-electron chi connectivity index (χ0n) is 8.64. The highest BCUT2D eigenvalue weighted by Gasteiger charge is 2.13. The van der Waals surface area contributed by atoms with Crippen molar-refractivity contribution in [1.82, 2.24) is 10.3 Å². The van der Waals surface area contributed by atoms with Crippen LogP contribution in [0, 0.1) is 0 Å². The van der Waals surface area contributed by atoms with Crippen LogP contribution in [-0.2, 0) is 4.79 Å². The largest absolute Gasteiger partial charge is 0.368 e. The van der Waals surface area contributed by atoms with Crippen LogP contribution in [0.3, 0.4) is 0 Å². The highest BCUT2D eigenvalue weighted by atomic mass is 32.2. The predicted molar refractivity (Wildman–Crippen MR) is 61.6 cm³/mol. The van der Waals surface area contributed by atoms with Crippen LogP contribution in [0.1, 0.15) is 6.92 Å². The first-order valence-corrected chi connectivity index (χ1v) is 5.78. The summed E-state index contributed by atoms with van der Waals surface area (Å²) < 4.78 is 0. The minimum absolute atomic E-state index is 0.270. The standard InChI is InChI=1S/C10H15N3OS/c1-2-13-9(10(11)14)7-15-8-3-5-12-6-4-8/h3-6,9,13H,2,7H2,1H3,(H2,11,14). The minimum atomic E-state index is -0.307. The maximum absolute atomic E-state index is 11.0. The number of nitrogens with zero attached hydrogens (tertiary/aromatic N) is 1. The number of amides is 1. The summed E-state index contributed by atoms with van der Waals surface area (Å²) in [6.07, 6.45) is 3.46. The zero-order valence-corrected chi connectivity index (χ0v) is 9.46. The summed E-state index contributed by atoms with van der Waals surface area (Å²) >= 11 is 1.59. The molecular formula is C10H15N3OS. The number of pyridine rings is 1. The number of primary amides is 1. The molecule has 3 N–H and O–H groups in total. The van der Waals surface area contributed by atoms with E-state index in [2.05, 4.69) is 10.3 Å². The molecule has 5 heteroatoms. The van der Waals surface area contributed by atoms with Gasteiger partial charge in [-0.1, -0.05) is 6.92 Å². The van der Waals surface area contributed by atoms with Crippen molar-refractivity contribution in [3.63, 3.8) is 0 Å². The molecule has 0 radical (unpaired) electrons. The molecule has 0 saturated carbocycles. The van der Waals surface area contributed by atoms with E-state index in [4.69, 9.17) is 5.73 Å². The lowest BCUT2D eigenvalue weighted by molar-refractivity contribution is -0.119. The average molecular weight is 225 g/mol. The number of rotatable bonds is 6. The third-order valence-corrected chi connectivity index (χ3v) is 2.97. The van der Waals surface area contributed by atoms with Crippen molar-refractivity contribution in [2.75, 3.05) is 12.3 Å². The summed E-state index contributed by atoms with van der Waals surface area (Å²) in [5, 5.41) is 3.04. The number of carbonyl (C=O) groups is 1. The van der Waals surface area contributed by atoms with Crippen LogP contribution in [0.25, 0.3) is 0 Å². The molecule has 1 rings (SSSR count). The Hall–Kier alpha value is -1.07. The Balaban J connectivity index is 2.43. The Kier molecular flexibility index (Phi) is 5.14.